The van der Waals surface area contributed by atoms with E-state index in [0.717, 1.165) is 25.7 Å². The smallest absolute Gasteiger partial charge is 0.305 e. The molecule has 0 saturated carbocycles. The maximum atomic E-state index is 11.7. The van der Waals surface area contributed by atoms with Crippen molar-refractivity contribution in [1.29, 1.82) is 0 Å². The normalized spacial score (nSPS) is 11.5. The summed E-state index contributed by atoms with van der Waals surface area (Å²) in [5, 5.41) is 8.39. The number of ether oxygens (including phenoxy) is 1. The molecule has 0 aromatic carbocycles. The van der Waals surface area contributed by atoms with Gasteiger partial charge in [0.05, 0.1) is 6.61 Å². The predicted octanol–water partition coefficient (Wildman–Crippen LogP) is 9.88. The van der Waals surface area contributed by atoms with Crippen molar-refractivity contribution in [2.45, 2.75) is 169 Å². The molecule has 0 aromatic rings. The first-order valence-electron chi connectivity index (χ1n) is 14.9. The van der Waals surface area contributed by atoms with Crippen molar-refractivity contribution in [2.24, 2.45) is 5.92 Å². The summed E-state index contributed by atoms with van der Waals surface area (Å²) in [7, 11) is 0. The van der Waals surface area contributed by atoms with Gasteiger partial charge in [0.25, 0.3) is 0 Å². The number of unbranched alkanes of at least 4 members (excludes halogenated alkanes) is 15. The van der Waals surface area contributed by atoms with Gasteiger partial charge in [0, 0.05) is 12.8 Å². The van der Waals surface area contributed by atoms with Gasteiger partial charge in [0.2, 0.25) is 0 Å². The largest absolute Gasteiger partial charge is 0.481 e. The van der Waals surface area contributed by atoms with E-state index in [1.807, 2.05) is 0 Å². The maximum absolute atomic E-state index is 11.7. The minimum atomic E-state index is -0.661. The highest BCUT2D eigenvalue weighted by Gasteiger charge is 2.09. The Kier molecular flexibility index (Phi) is 30.9. The van der Waals surface area contributed by atoms with Crippen LogP contribution in [0.4, 0.5) is 0 Å². The van der Waals surface area contributed by atoms with E-state index >= 15 is 0 Å². The molecule has 34 heavy (non-hydrogen) atoms. The van der Waals surface area contributed by atoms with Gasteiger partial charge in [-0.15, -0.1) is 0 Å². The van der Waals surface area contributed by atoms with Gasteiger partial charge in [-0.3, -0.25) is 9.59 Å². The Labute approximate surface area is 213 Å². The van der Waals surface area contributed by atoms with Crippen molar-refractivity contribution in [3.05, 3.63) is 0 Å². The fraction of sp³-hybridized carbons (Fsp3) is 0.933. The standard InChI is InChI=1S/C19H38O2.C11H22O2/c1-4-7-9-10-11-12-13-14-16-19(20)21-17-18(6-3)15-8-5-2;1-2-3-4-5-6-7-8-9-10-11(12)13/h18H,4-17H2,1-3H3;2-10H2,1H3,(H,12,13). The number of carbonyl (C=O) groups excluding carboxylic acids is 1. The van der Waals surface area contributed by atoms with Crippen molar-refractivity contribution in [3.63, 3.8) is 0 Å². The first-order valence-corrected chi connectivity index (χ1v) is 14.9. The van der Waals surface area contributed by atoms with Crippen LogP contribution >= 0.6 is 0 Å². The van der Waals surface area contributed by atoms with Gasteiger partial charge in [-0.2, -0.15) is 0 Å². The van der Waals surface area contributed by atoms with Gasteiger partial charge in [0.15, 0.2) is 0 Å². The van der Waals surface area contributed by atoms with Crippen molar-refractivity contribution in [2.75, 3.05) is 6.61 Å². The molecule has 0 aromatic heterocycles. The van der Waals surface area contributed by atoms with Crippen LogP contribution in [-0.2, 0) is 14.3 Å². The van der Waals surface area contributed by atoms with Crippen molar-refractivity contribution < 1.29 is 19.4 Å². The van der Waals surface area contributed by atoms with Crippen LogP contribution in [0.15, 0.2) is 0 Å². The summed E-state index contributed by atoms with van der Waals surface area (Å²) in [5.41, 5.74) is 0. The lowest BCUT2D eigenvalue weighted by Crippen LogP contribution is -2.13. The second-order valence-electron chi connectivity index (χ2n) is 9.94. The molecule has 0 heterocycles. The van der Waals surface area contributed by atoms with Crippen LogP contribution in [0.2, 0.25) is 0 Å². The Hall–Kier alpha value is -1.06. The fourth-order valence-electron chi connectivity index (χ4n) is 3.99. The van der Waals surface area contributed by atoms with Crippen molar-refractivity contribution >= 4 is 11.9 Å². The molecule has 204 valence electrons. The summed E-state index contributed by atoms with van der Waals surface area (Å²) >= 11 is 0. The van der Waals surface area contributed by atoms with E-state index in [-0.39, 0.29) is 5.97 Å². The highest BCUT2D eigenvalue weighted by atomic mass is 16.5. The number of carboxylic acid groups (broad SMARTS) is 1. The molecule has 0 saturated heterocycles. The zero-order valence-electron chi connectivity index (χ0n) is 23.5. The second-order valence-corrected chi connectivity index (χ2v) is 9.94. The Morgan fingerprint density at radius 1 is 0.588 bits per heavy atom. The molecule has 4 heteroatoms. The van der Waals surface area contributed by atoms with Crippen LogP contribution in [0.25, 0.3) is 0 Å². The molecule has 0 aliphatic carbocycles. The van der Waals surface area contributed by atoms with Gasteiger partial charge < -0.3 is 9.84 Å². The van der Waals surface area contributed by atoms with Gasteiger partial charge >= 0.3 is 11.9 Å². The third-order valence-corrected chi connectivity index (χ3v) is 6.50. The van der Waals surface area contributed by atoms with Crippen LogP contribution < -0.4 is 0 Å². The van der Waals surface area contributed by atoms with E-state index in [1.54, 1.807) is 0 Å². The number of hydrogen-bond donors (Lipinski definition) is 1. The van der Waals surface area contributed by atoms with Crippen LogP contribution in [-0.4, -0.2) is 23.7 Å². The molecule has 0 aliphatic rings. The number of esters is 1. The lowest BCUT2D eigenvalue weighted by atomic mass is 10.0. The molecule has 0 aliphatic heterocycles. The lowest BCUT2D eigenvalue weighted by Gasteiger charge is -2.14. The van der Waals surface area contributed by atoms with Gasteiger partial charge in [-0.05, 0) is 25.2 Å². The Balaban J connectivity index is 0. The van der Waals surface area contributed by atoms with E-state index in [9.17, 15) is 9.59 Å². The van der Waals surface area contributed by atoms with E-state index in [1.165, 1.54) is 103 Å². The number of hydrogen-bond acceptors (Lipinski definition) is 3. The summed E-state index contributed by atoms with van der Waals surface area (Å²) in [4.78, 5) is 21.9. The third-order valence-electron chi connectivity index (χ3n) is 6.50. The first kappa shape index (κ1) is 35.1. The Morgan fingerprint density at radius 3 is 1.41 bits per heavy atom. The zero-order chi connectivity index (χ0) is 25.7. The molecule has 0 spiro atoms. The number of carboxylic acids is 1. The number of aliphatic carboxylic acids is 1. The molecule has 1 unspecified atom stereocenters. The van der Waals surface area contributed by atoms with Crippen LogP contribution in [0.5, 0.6) is 0 Å². The zero-order valence-corrected chi connectivity index (χ0v) is 23.5. The molecule has 0 amide bonds. The van der Waals surface area contributed by atoms with Gasteiger partial charge in [-0.1, -0.05) is 137 Å². The minimum absolute atomic E-state index is 0.0101. The average molecular weight is 485 g/mol. The highest BCUT2D eigenvalue weighted by molar-refractivity contribution is 5.69. The van der Waals surface area contributed by atoms with Crippen LogP contribution in [0, 0.1) is 5.92 Å². The highest BCUT2D eigenvalue weighted by Crippen LogP contribution is 2.14. The van der Waals surface area contributed by atoms with E-state index in [4.69, 9.17) is 9.84 Å². The topological polar surface area (TPSA) is 63.6 Å². The van der Waals surface area contributed by atoms with Gasteiger partial charge in [0.1, 0.15) is 0 Å². The maximum Gasteiger partial charge on any atom is 0.305 e. The second kappa shape index (κ2) is 30.0. The molecule has 0 bridgehead atoms. The molecule has 4 nitrogen and oxygen atoms in total. The number of carbonyl (C=O) groups is 2. The minimum Gasteiger partial charge on any atom is -0.481 e. The first-order chi connectivity index (χ1) is 16.5. The monoisotopic (exact) mass is 484 g/mol. The Morgan fingerprint density at radius 2 is 1.00 bits per heavy atom. The number of rotatable bonds is 24. The molecule has 1 atom stereocenters. The van der Waals surface area contributed by atoms with E-state index < -0.39 is 5.97 Å². The Bertz CT molecular complexity index is 422. The summed E-state index contributed by atoms with van der Waals surface area (Å²) < 4.78 is 5.41. The predicted molar refractivity (Wildman–Crippen MR) is 146 cm³/mol. The van der Waals surface area contributed by atoms with Crippen LogP contribution in [0.1, 0.15) is 169 Å². The molecule has 0 rings (SSSR count). The third kappa shape index (κ3) is 30.9. The molecule has 0 radical (unpaired) electrons. The summed E-state index contributed by atoms with van der Waals surface area (Å²) in [6.07, 6.45) is 25.6. The fourth-order valence-corrected chi connectivity index (χ4v) is 3.99. The average Bonchev–Trinajstić information content (AvgIpc) is 2.83. The SMILES string of the molecule is CCCCCCCCCCC(=O)O.CCCCCCCCCCC(=O)OCC(CC)CCCC. The molecule has 0 fully saturated rings. The lowest BCUT2D eigenvalue weighted by molar-refractivity contribution is -0.145. The quantitative estimate of drug-likeness (QED) is 0.109. The molecule has 1 N–H and O–H groups in total. The summed E-state index contributed by atoms with van der Waals surface area (Å²) in [5.74, 6) is -0.0885. The van der Waals surface area contributed by atoms with E-state index in [2.05, 4.69) is 27.7 Å². The van der Waals surface area contributed by atoms with E-state index in [0.29, 0.717) is 25.4 Å². The summed E-state index contributed by atoms with van der Waals surface area (Å²) in [6, 6.07) is 0. The van der Waals surface area contributed by atoms with Crippen molar-refractivity contribution in [3.8, 4) is 0 Å². The summed E-state index contributed by atoms with van der Waals surface area (Å²) in [6.45, 7) is 9.49. The van der Waals surface area contributed by atoms with Crippen LogP contribution in [0.3, 0.4) is 0 Å². The molecular formula is C30H60O4. The molecular weight excluding hydrogens is 424 g/mol. The van der Waals surface area contributed by atoms with Gasteiger partial charge in [-0.25, -0.2) is 0 Å². The van der Waals surface area contributed by atoms with Crippen molar-refractivity contribution in [1.82, 2.24) is 0 Å².